The van der Waals surface area contributed by atoms with Crippen LogP contribution in [-0.2, 0) is 12.8 Å². The molecule has 1 aromatic carbocycles. The average Bonchev–Trinajstić information content (AvgIpc) is 2.84. The van der Waals surface area contributed by atoms with Crippen molar-refractivity contribution in [3.05, 3.63) is 47.6 Å². The number of halogens is 1. The summed E-state index contributed by atoms with van der Waals surface area (Å²) >= 11 is 0. The maximum Gasteiger partial charge on any atom is 0.261 e. The third-order valence-corrected chi connectivity index (χ3v) is 3.43. The Labute approximate surface area is 111 Å². The van der Waals surface area contributed by atoms with E-state index in [2.05, 4.69) is 27.6 Å². The molecule has 1 unspecified atom stereocenters. The summed E-state index contributed by atoms with van der Waals surface area (Å²) in [5, 5.41) is 6.88. The summed E-state index contributed by atoms with van der Waals surface area (Å²) < 4.78 is 18.9. The van der Waals surface area contributed by atoms with E-state index in [0.717, 1.165) is 6.42 Å². The first-order valence-corrected chi connectivity index (χ1v) is 6.54. The van der Waals surface area contributed by atoms with Crippen LogP contribution in [0.25, 0.3) is 0 Å². The van der Waals surface area contributed by atoms with E-state index in [9.17, 15) is 4.39 Å². The molecule has 0 radical (unpaired) electrons. The molecule has 1 saturated heterocycles. The van der Waals surface area contributed by atoms with Crippen molar-refractivity contribution in [3.8, 4) is 0 Å². The molecule has 2 heterocycles. The predicted octanol–water partition coefficient (Wildman–Crippen LogP) is 2.08. The average molecular weight is 261 g/mol. The van der Waals surface area contributed by atoms with Crippen LogP contribution in [0.4, 0.5) is 4.39 Å². The number of nitrogens with zero attached hydrogens (tertiary/aromatic N) is 2. The van der Waals surface area contributed by atoms with Gasteiger partial charge in [-0.3, -0.25) is 0 Å². The Morgan fingerprint density at radius 2 is 2.05 bits per heavy atom. The van der Waals surface area contributed by atoms with Gasteiger partial charge >= 0.3 is 0 Å². The van der Waals surface area contributed by atoms with Crippen LogP contribution in [0.3, 0.4) is 0 Å². The Kier molecular flexibility index (Phi) is 3.55. The van der Waals surface area contributed by atoms with Crippen molar-refractivity contribution in [2.45, 2.75) is 19.0 Å². The lowest BCUT2D eigenvalue weighted by Gasteiger charge is -2.27. The van der Waals surface area contributed by atoms with Crippen molar-refractivity contribution >= 4 is 0 Å². The summed E-state index contributed by atoms with van der Waals surface area (Å²) in [6.07, 6.45) is 0.365. The van der Waals surface area contributed by atoms with Gasteiger partial charge in [0, 0.05) is 25.4 Å². The predicted molar refractivity (Wildman–Crippen MR) is 68.4 cm³/mol. The maximum absolute atomic E-state index is 13.9. The summed E-state index contributed by atoms with van der Waals surface area (Å²) in [5.41, 5.74) is 1.22. The summed E-state index contributed by atoms with van der Waals surface area (Å²) in [7, 11) is 0. The molecule has 1 N–H and O–H groups in total. The maximum atomic E-state index is 13.9. The van der Waals surface area contributed by atoms with Crippen LogP contribution in [0.5, 0.6) is 0 Å². The van der Waals surface area contributed by atoms with Gasteiger partial charge in [0.15, 0.2) is 12.0 Å². The van der Waals surface area contributed by atoms with Crippen LogP contribution >= 0.6 is 0 Å². The van der Waals surface area contributed by atoms with Crippen LogP contribution in [0, 0.1) is 5.92 Å². The molecule has 0 spiro atoms. The van der Waals surface area contributed by atoms with Crippen LogP contribution in [0.15, 0.2) is 34.9 Å². The van der Waals surface area contributed by atoms with E-state index >= 15 is 0 Å². The molecule has 0 saturated carbocycles. The molecule has 3 rings (SSSR count). The zero-order valence-corrected chi connectivity index (χ0v) is 10.6. The SMILES string of the molecule is FC(c1nc(CCc2ccccc2)no1)C1CNC1. The highest BCUT2D eigenvalue weighted by molar-refractivity contribution is 5.15. The molecule has 1 atom stereocenters. The van der Waals surface area contributed by atoms with Gasteiger partial charge in [0.1, 0.15) is 0 Å². The zero-order chi connectivity index (χ0) is 13.1. The molecule has 1 aliphatic rings. The molecule has 0 amide bonds. The largest absolute Gasteiger partial charge is 0.336 e. The topological polar surface area (TPSA) is 51.0 Å². The van der Waals surface area contributed by atoms with E-state index in [1.807, 2.05) is 18.2 Å². The monoisotopic (exact) mass is 261 g/mol. The fourth-order valence-electron chi connectivity index (χ4n) is 2.10. The molecule has 1 fully saturated rings. The van der Waals surface area contributed by atoms with Crippen molar-refractivity contribution < 1.29 is 8.91 Å². The van der Waals surface area contributed by atoms with Crippen LogP contribution in [-0.4, -0.2) is 23.2 Å². The van der Waals surface area contributed by atoms with Crippen molar-refractivity contribution in [1.29, 1.82) is 0 Å². The van der Waals surface area contributed by atoms with Crippen LogP contribution in [0.2, 0.25) is 0 Å². The lowest BCUT2D eigenvalue weighted by molar-refractivity contribution is 0.133. The highest BCUT2D eigenvalue weighted by Crippen LogP contribution is 2.27. The normalized spacial score (nSPS) is 17.1. The number of aromatic nitrogens is 2. The van der Waals surface area contributed by atoms with Crippen molar-refractivity contribution in [1.82, 2.24) is 15.5 Å². The molecule has 2 aromatic rings. The molecule has 1 aliphatic heterocycles. The van der Waals surface area contributed by atoms with E-state index in [1.165, 1.54) is 5.56 Å². The summed E-state index contributed by atoms with van der Waals surface area (Å²) in [5.74, 6) is 0.672. The third kappa shape index (κ3) is 2.81. The number of nitrogens with one attached hydrogen (secondary N) is 1. The smallest absolute Gasteiger partial charge is 0.261 e. The van der Waals surface area contributed by atoms with Crippen LogP contribution in [0.1, 0.15) is 23.5 Å². The number of benzene rings is 1. The van der Waals surface area contributed by atoms with Gasteiger partial charge in [0.25, 0.3) is 5.89 Å². The Morgan fingerprint density at radius 3 is 2.74 bits per heavy atom. The lowest BCUT2D eigenvalue weighted by atomic mass is 9.97. The Hall–Kier alpha value is -1.75. The summed E-state index contributed by atoms with van der Waals surface area (Å²) in [6, 6.07) is 10.1. The van der Waals surface area contributed by atoms with Gasteiger partial charge in [-0.25, -0.2) is 4.39 Å². The number of alkyl halides is 1. The summed E-state index contributed by atoms with van der Waals surface area (Å²) in [4.78, 5) is 4.15. The lowest BCUT2D eigenvalue weighted by Crippen LogP contribution is -2.44. The molecule has 4 nitrogen and oxygen atoms in total. The second kappa shape index (κ2) is 5.48. The third-order valence-electron chi connectivity index (χ3n) is 3.43. The van der Waals surface area contributed by atoms with Crippen LogP contribution < -0.4 is 5.32 Å². The van der Waals surface area contributed by atoms with E-state index in [0.29, 0.717) is 25.3 Å². The molecule has 1 aromatic heterocycles. The second-order valence-corrected chi connectivity index (χ2v) is 4.85. The first-order chi connectivity index (χ1) is 9.33. The number of aryl methyl sites for hydroxylation is 2. The minimum atomic E-state index is -1.14. The molecule has 5 heteroatoms. The number of hydrogen-bond donors (Lipinski definition) is 1. The molecular weight excluding hydrogens is 245 g/mol. The van der Waals surface area contributed by atoms with Crippen molar-refractivity contribution in [2.24, 2.45) is 5.92 Å². The molecule has 100 valence electrons. The fraction of sp³-hybridized carbons (Fsp3) is 0.429. The molecular formula is C14H16FN3O. The summed E-state index contributed by atoms with van der Waals surface area (Å²) in [6.45, 7) is 1.37. The van der Waals surface area contributed by atoms with E-state index in [-0.39, 0.29) is 11.8 Å². The van der Waals surface area contributed by atoms with Gasteiger partial charge in [-0.1, -0.05) is 35.5 Å². The van der Waals surface area contributed by atoms with E-state index < -0.39 is 6.17 Å². The Balaban J connectivity index is 1.58. The number of rotatable bonds is 5. The molecule has 19 heavy (non-hydrogen) atoms. The van der Waals surface area contributed by atoms with Crippen molar-refractivity contribution in [2.75, 3.05) is 13.1 Å². The van der Waals surface area contributed by atoms with E-state index in [4.69, 9.17) is 4.52 Å². The highest BCUT2D eigenvalue weighted by Gasteiger charge is 2.32. The first-order valence-electron chi connectivity index (χ1n) is 6.54. The van der Waals surface area contributed by atoms with E-state index in [1.54, 1.807) is 0 Å². The molecule has 0 aliphatic carbocycles. The van der Waals surface area contributed by atoms with Crippen molar-refractivity contribution in [3.63, 3.8) is 0 Å². The zero-order valence-electron chi connectivity index (χ0n) is 10.6. The van der Waals surface area contributed by atoms with Gasteiger partial charge in [0.2, 0.25) is 0 Å². The van der Waals surface area contributed by atoms with Gasteiger partial charge in [-0.05, 0) is 12.0 Å². The molecule has 0 bridgehead atoms. The fourth-order valence-corrected chi connectivity index (χ4v) is 2.10. The van der Waals surface area contributed by atoms with Gasteiger partial charge in [-0.2, -0.15) is 4.98 Å². The number of hydrogen-bond acceptors (Lipinski definition) is 4. The Morgan fingerprint density at radius 1 is 1.26 bits per heavy atom. The van der Waals surface area contributed by atoms with Gasteiger partial charge in [-0.15, -0.1) is 0 Å². The Bertz CT molecular complexity index is 524. The highest BCUT2D eigenvalue weighted by atomic mass is 19.1. The first kappa shape index (κ1) is 12.3. The minimum Gasteiger partial charge on any atom is -0.336 e. The minimum absolute atomic E-state index is 0.0255. The quantitative estimate of drug-likeness (QED) is 0.895. The second-order valence-electron chi connectivity index (χ2n) is 4.85. The van der Waals surface area contributed by atoms with Gasteiger partial charge in [0.05, 0.1) is 0 Å². The van der Waals surface area contributed by atoms with Gasteiger partial charge < -0.3 is 9.84 Å². The standard InChI is InChI=1S/C14H16FN3O/c15-13(11-8-16-9-11)14-17-12(18-19-14)7-6-10-4-2-1-3-5-10/h1-5,11,13,16H,6-9H2.